The van der Waals surface area contributed by atoms with Crippen LogP contribution in [0.5, 0.6) is 0 Å². The van der Waals surface area contributed by atoms with Crippen LogP contribution in [0.25, 0.3) is 11.3 Å². The summed E-state index contributed by atoms with van der Waals surface area (Å²) in [5, 5.41) is 9.86. The van der Waals surface area contributed by atoms with Gasteiger partial charge in [0.25, 0.3) is 0 Å². The first-order valence-corrected chi connectivity index (χ1v) is 10.9. The Morgan fingerprint density at radius 3 is 2.72 bits per heavy atom. The molecule has 0 saturated carbocycles. The zero-order valence-corrected chi connectivity index (χ0v) is 18.1. The number of hydrogen-bond acceptors (Lipinski definition) is 6. The van der Waals surface area contributed by atoms with Gasteiger partial charge in [-0.15, -0.1) is 0 Å². The Morgan fingerprint density at radius 2 is 2.00 bits per heavy atom. The number of amides is 3. The molecule has 4 rings (SSSR count). The Balaban J connectivity index is 1.49. The number of ether oxygens (including phenoxy) is 1. The molecule has 1 atom stereocenters. The molecule has 2 aliphatic heterocycles. The molecule has 1 unspecified atom stereocenters. The quantitative estimate of drug-likeness (QED) is 0.724. The molecule has 1 aromatic heterocycles. The van der Waals surface area contributed by atoms with Gasteiger partial charge in [-0.2, -0.15) is 0 Å². The van der Waals surface area contributed by atoms with Gasteiger partial charge in [-0.1, -0.05) is 35.5 Å². The molecule has 170 valence electrons. The standard InChI is InChI=1S/C23H28N4O5/c1-16(28)24-19-13-27(15-23(25-22(19)30)9-11-31-12-10-23)20(29)8-7-18-14-32-26-21(18)17-5-3-2-4-6-17/h2-6,14,19H,7-13,15H2,1H3,(H,24,28)(H,25,30). The summed E-state index contributed by atoms with van der Waals surface area (Å²) in [6, 6.07) is 8.89. The van der Waals surface area contributed by atoms with E-state index in [4.69, 9.17) is 9.26 Å². The third-order valence-corrected chi connectivity index (χ3v) is 6.08. The van der Waals surface area contributed by atoms with Crippen molar-refractivity contribution >= 4 is 17.7 Å². The number of benzene rings is 1. The molecule has 32 heavy (non-hydrogen) atoms. The van der Waals surface area contributed by atoms with Gasteiger partial charge in [0.1, 0.15) is 18.0 Å². The van der Waals surface area contributed by atoms with Crippen molar-refractivity contribution in [1.82, 2.24) is 20.7 Å². The monoisotopic (exact) mass is 440 g/mol. The van der Waals surface area contributed by atoms with Gasteiger partial charge in [0.05, 0.1) is 5.54 Å². The number of nitrogens with one attached hydrogen (secondary N) is 2. The van der Waals surface area contributed by atoms with Crippen molar-refractivity contribution in [3.8, 4) is 11.3 Å². The molecule has 2 aromatic rings. The van der Waals surface area contributed by atoms with Gasteiger partial charge >= 0.3 is 0 Å². The van der Waals surface area contributed by atoms with Crippen molar-refractivity contribution in [2.45, 2.75) is 44.2 Å². The molecule has 3 heterocycles. The van der Waals surface area contributed by atoms with Crippen LogP contribution in [-0.4, -0.2) is 65.7 Å². The molecule has 2 saturated heterocycles. The molecule has 1 spiro atoms. The van der Waals surface area contributed by atoms with Crippen LogP contribution >= 0.6 is 0 Å². The number of carbonyl (C=O) groups is 3. The molecule has 2 N–H and O–H groups in total. The predicted molar refractivity (Wildman–Crippen MR) is 115 cm³/mol. The number of aryl methyl sites for hydroxylation is 1. The van der Waals surface area contributed by atoms with Crippen molar-refractivity contribution in [1.29, 1.82) is 0 Å². The first kappa shape index (κ1) is 22.0. The van der Waals surface area contributed by atoms with Gasteiger partial charge in [-0.05, 0) is 19.3 Å². The molecule has 3 amide bonds. The maximum atomic E-state index is 13.2. The Kier molecular flexibility index (Phi) is 6.55. The first-order valence-electron chi connectivity index (χ1n) is 10.9. The van der Waals surface area contributed by atoms with Crippen LogP contribution in [0.4, 0.5) is 0 Å². The minimum atomic E-state index is -0.783. The molecule has 0 bridgehead atoms. The molecule has 9 nitrogen and oxygen atoms in total. The summed E-state index contributed by atoms with van der Waals surface area (Å²) in [6.45, 7) is 2.95. The van der Waals surface area contributed by atoms with Crippen LogP contribution in [0.3, 0.4) is 0 Å². The Labute approximate surface area is 186 Å². The van der Waals surface area contributed by atoms with E-state index in [0.29, 0.717) is 39.0 Å². The highest BCUT2D eigenvalue weighted by Gasteiger charge is 2.42. The van der Waals surface area contributed by atoms with Crippen molar-refractivity contribution in [3.05, 3.63) is 42.2 Å². The highest BCUT2D eigenvalue weighted by molar-refractivity contribution is 5.89. The number of hydrogen-bond donors (Lipinski definition) is 2. The summed E-state index contributed by atoms with van der Waals surface area (Å²) in [4.78, 5) is 39.4. The van der Waals surface area contributed by atoms with Crippen LogP contribution in [0.15, 0.2) is 41.1 Å². The lowest BCUT2D eigenvalue weighted by molar-refractivity contribution is -0.133. The average molecular weight is 441 g/mol. The van der Waals surface area contributed by atoms with Gasteiger partial charge in [0.15, 0.2) is 0 Å². The van der Waals surface area contributed by atoms with E-state index >= 15 is 0 Å². The number of aromatic nitrogens is 1. The third kappa shape index (κ3) is 4.99. The van der Waals surface area contributed by atoms with E-state index in [1.54, 1.807) is 11.2 Å². The molecule has 2 aliphatic rings. The maximum absolute atomic E-state index is 13.2. The largest absolute Gasteiger partial charge is 0.381 e. The summed E-state index contributed by atoms with van der Waals surface area (Å²) < 4.78 is 10.6. The minimum absolute atomic E-state index is 0.0806. The fourth-order valence-electron chi connectivity index (χ4n) is 4.38. The summed E-state index contributed by atoms with van der Waals surface area (Å²) >= 11 is 0. The van der Waals surface area contributed by atoms with E-state index in [1.807, 2.05) is 30.3 Å². The van der Waals surface area contributed by atoms with Gasteiger partial charge in [0.2, 0.25) is 17.7 Å². The highest BCUT2D eigenvalue weighted by atomic mass is 16.5. The smallest absolute Gasteiger partial charge is 0.244 e. The number of carbonyl (C=O) groups excluding carboxylic acids is 3. The van der Waals surface area contributed by atoms with Crippen LogP contribution in [-0.2, 0) is 25.5 Å². The second-order valence-corrected chi connectivity index (χ2v) is 8.46. The zero-order chi connectivity index (χ0) is 22.6. The van der Waals surface area contributed by atoms with E-state index in [-0.39, 0.29) is 30.7 Å². The van der Waals surface area contributed by atoms with Crippen LogP contribution in [0.2, 0.25) is 0 Å². The summed E-state index contributed by atoms with van der Waals surface area (Å²) in [5.74, 6) is -0.650. The van der Waals surface area contributed by atoms with Crippen molar-refractivity contribution in [2.75, 3.05) is 26.3 Å². The third-order valence-electron chi connectivity index (χ3n) is 6.08. The van der Waals surface area contributed by atoms with Crippen molar-refractivity contribution < 1.29 is 23.6 Å². The second kappa shape index (κ2) is 9.52. The molecular formula is C23H28N4O5. The van der Waals surface area contributed by atoms with E-state index in [0.717, 1.165) is 16.8 Å². The van der Waals surface area contributed by atoms with Crippen molar-refractivity contribution in [2.24, 2.45) is 0 Å². The first-order chi connectivity index (χ1) is 15.5. The molecule has 1 aromatic carbocycles. The topological polar surface area (TPSA) is 114 Å². The lowest BCUT2D eigenvalue weighted by Crippen LogP contribution is -2.57. The Bertz CT molecular complexity index is 968. The van der Waals surface area contributed by atoms with Gasteiger partial charge in [-0.3, -0.25) is 14.4 Å². The van der Waals surface area contributed by atoms with Gasteiger partial charge in [0, 0.05) is 50.8 Å². The van der Waals surface area contributed by atoms with E-state index in [1.165, 1.54) is 6.92 Å². The van der Waals surface area contributed by atoms with Crippen molar-refractivity contribution in [3.63, 3.8) is 0 Å². The van der Waals surface area contributed by atoms with E-state index in [9.17, 15) is 14.4 Å². The summed E-state index contributed by atoms with van der Waals surface area (Å²) in [7, 11) is 0. The van der Waals surface area contributed by atoms with Crippen LogP contribution < -0.4 is 10.6 Å². The SMILES string of the molecule is CC(=O)NC1CN(C(=O)CCc2conc2-c2ccccc2)CC2(CCOCC2)NC1=O. The Morgan fingerprint density at radius 1 is 1.25 bits per heavy atom. The Hall–Kier alpha value is -3.20. The number of rotatable bonds is 5. The van der Waals surface area contributed by atoms with Gasteiger partial charge < -0.3 is 24.8 Å². The highest BCUT2D eigenvalue weighted by Crippen LogP contribution is 2.26. The van der Waals surface area contributed by atoms with Crippen LogP contribution in [0, 0.1) is 0 Å². The zero-order valence-electron chi connectivity index (χ0n) is 18.1. The van der Waals surface area contributed by atoms with Gasteiger partial charge in [-0.25, -0.2) is 0 Å². The molecule has 0 aliphatic carbocycles. The molecule has 2 fully saturated rings. The molecule has 9 heteroatoms. The lowest BCUT2D eigenvalue weighted by Gasteiger charge is -2.39. The fourth-order valence-corrected chi connectivity index (χ4v) is 4.38. The van der Waals surface area contributed by atoms with Crippen LogP contribution in [0.1, 0.15) is 31.7 Å². The minimum Gasteiger partial charge on any atom is -0.381 e. The normalized spacial score (nSPS) is 20.5. The number of nitrogens with zero attached hydrogens (tertiary/aromatic N) is 2. The lowest BCUT2D eigenvalue weighted by atomic mass is 9.89. The van der Waals surface area contributed by atoms with E-state index < -0.39 is 11.6 Å². The fraction of sp³-hybridized carbons (Fsp3) is 0.478. The average Bonchev–Trinajstić information content (AvgIpc) is 3.21. The van der Waals surface area contributed by atoms with E-state index in [2.05, 4.69) is 15.8 Å². The second-order valence-electron chi connectivity index (χ2n) is 8.46. The molecule has 0 radical (unpaired) electrons. The molecular weight excluding hydrogens is 412 g/mol. The predicted octanol–water partition coefficient (Wildman–Crippen LogP) is 1.29. The summed E-state index contributed by atoms with van der Waals surface area (Å²) in [5.41, 5.74) is 1.97. The summed E-state index contributed by atoms with van der Waals surface area (Å²) in [6.07, 6.45) is 3.53. The maximum Gasteiger partial charge on any atom is 0.244 e.